The van der Waals surface area contributed by atoms with Crippen LogP contribution in [0.3, 0.4) is 0 Å². The molecule has 0 saturated carbocycles. The molecule has 82 heavy (non-hydrogen) atoms. The van der Waals surface area contributed by atoms with Crippen LogP contribution in [0.15, 0.2) is 11.8 Å². The van der Waals surface area contributed by atoms with Crippen molar-refractivity contribution < 1.29 is 196 Å². The predicted molar refractivity (Wildman–Crippen MR) is 223 cm³/mol. The van der Waals surface area contributed by atoms with E-state index in [0.29, 0.717) is 6.92 Å². The topological polar surface area (TPSA) is 703 Å². The van der Waals surface area contributed by atoms with E-state index in [2.05, 4.69) is 25.1 Å². The van der Waals surface area contributed by atoms with Crippen LogP contribution in [-0.4, -0.2) is 274 Å². The van der Waals surface area contributed by atoms with Crippen molar-refractivity contribution in [1.29, 1.82) is 0 Å². The van der Waals surface area contributed by atoms with Gasteiger partial charge in [0.15, 0.2) is 31.1 Å². The maximum Gasteiger partial charge on any atom is 0.229 e. The summed E-state index contributed by atoms with van der Waals surface area (Å²) in [7, 11) is -36.4. The second-order valence-electron chi connectivity index (χ2n) is 16.9. The number of aliphatic hydroxyl groups is 6. The van der Waals surface area contributed by atoms with Gasteiger partial charge in [0.05, 0.1) is 31.4 Å². The summed E-state index contributed by atoms with van der Waals surface area (Å²) in [6.45, 7) is -1.62. The van der Waals surface area contributed by atoms with Crippen LogP contribution >= 0.6 is 0 Å². The molecular weight excluding hydrogens is 1280 g/mol. The first-order chi connectivity index (χ1) is 37.2. The average Bonchev–Trinajstić information content (AvgIpc) is 3.52. The summed E-state index contributed by atoms with van der Waals surface area (Å²) >= 11 is 0. The fraction of sp³-hybridized carbons (Fsp3) is 0.844. The molecule has 3 saturated heterocycles. The highest BCUT2D eigenvalue weighted by Gasteiger charge is 2.57. The van der Waals surface area contributed by atoms with Crippen molar-refractivity contribution in [3.8, 4) is 0 Å². The van der Waals surface area contributed by atoms with Crippen LogP contribution in [0, 0.1) is 0 Å². The first-order valence-electron chi connectivity index (χ1n) is 21.7. The monoisotopic (exact) mass is 1320 g/mol. The Morgan fingerprint density at radius 1 is 0.585 bits per heavy atom. The Balaban J connectivity index is 1.93. The highest BCUT2D eigenvalue weighted by Crippen LogP contribution is 2.37. The number of carboxylic acid groups (broad SMARTS) is 2. The smallest absolute Gasteiger partial charge is 0.229 e. The van der Waals surface area contributed by atoms with E-state index >= 15 is 0 Å². The van der Waals surface area contributed by atoms with Gasteiger partial charge in [0, 0.05) is 6.92 Å². The van der Waals surface area contributed by atoms with Gasteiger partial charge in [-0.25, -0.2) is 50.5 Å². The van der Waals surface area contributed by atoms with Crippen LogP contribution in [0.4, 0.5) is 0 Å². The highest BCUT2D eigenvalue weighted by molar-refractivity contribution is 7.82. The zero-order valence-electron chi connectivity index (χ0n) is 40.4. The number of carboxylic acids is 2. The molecule has 4 rings (SSSR count). The van der Waals surface area contributed by atoms with Crippen LogP contribution in [0.2, 0.25) is 0 Å². The average molecular weight is 1320 g/mol. The summed E-state index contributed by atoms with van der Waals surface area (Å²) in [4.78, 5) is 37.7. The minimum atomic E-state index is -6.37. The van der Waals surface area contributed by atoms with Crippen LogP contribution in [0.1, 0.15) is 20.8 Å². The molecule has 22 atom stereocenters. The quantitative estimate of drug-likeness (QED) is 0.0282. The van der Waals surface area contributed by atoms with E-state index in [1.165, 1.54) is 0 Å². The Morgan fingerprint density at radius 3 is 1.45 bits per heavy atom. The Bertz CT molecular complexity index is 2980. The van der Waals surface area contributed by atoms with Gasteiger partial charge in [0.2, 0.25) is 74.6 Å². The summed E-state index contributed by atoms with van der Waals surface area (Å²) < 4.78 is 279. The molecule has 478 valence electrons. The van der Waals surface area contributed by atoms with Gasteiger partial charge in [-0.3, -0.25) is 29.9 Å². The minimum Gasteiger partial charge on any atom is -0.726 e. The number of hydrogen-bond donors (Lipinski definition) is 7. The van der Waals surface area contributed by atoms with E-state index in [1.54, 1.807) is 0 Å². The Kier molecular flexibility index (Phi) is 23.9. The van der Waals surface area contributed by atoms with Crippen LogP contribution in [-0.2, 0) is 140 Å². The van der Waals surface area contributed by atoms with Gasteiger partial charge in [-0.1, -0.05) is 0 Å². The summed E-state index contributed by atoms with van der Waals surface area (Å²) in [5.41, 5.74) is 0. The number of nitrogens with one attached hydrogen (secondary N) is 1. The third-order valence-corrected chi connectivity index (χ3v) is 13.7. The number of aliphatic carboxylic acids is 2. The van der Waals surface area contributed by atoms with Gasteiger partial charge >= 0.3 is 0 Å². The fourth-order valence-corrected chi connectivity index (χ4v) is 10.7. The van der Waals surface area contributed by atoms with E-state index < -0.39 is 234 Å². The second kappa shape index (κ2) is 27.6. The largest absolute Gasteiger partial charge is 0.726 e. The lowest BCUT2D eigenvalue weighted by molar-refractivity contribution is -0.357. The van der Waals surface area contributed by atoms with Crippen LogP contribution < -0.4 is 15.5 Å². The van der Waals surface area contributed by atoms with Gasteiger partial charge < -0.3 is 121 Å². The maximum absolute atomic E-state index is 12.9. The molecule has 4 aliphatic rings. The maximum atomic E-state index is 12.9. The molecule has 0 radical (unpaired) electrons. The molecule has 4 heterocycles. The molecule has 0 bridgehead atoms. The van der Waals surface area contributed by atoms with Crippen molar-refractivity contribution in [1.82, 2.24) is 5.32 Å². The molecule has 0 spiro atoms. The lowest BCUT2D eigenvalue weighted by Gasteiger charge is -2.49. The molecular formula is C32H43NO43S6-8. The molecule has 0 aromatic heterocycles. The molecule has 7 N–H and O–H groups in total. The summed E-state index contributed by atoms with van der Waals surface area (Å²) in [5, 5.41) is 92.1. The van der Waals surface area contributed by atoms with Crippen molar-refractivity contribution >= 4 is 80.2 Å². The van der Waals surface area contributed by atoms with Gasteiger partial charge in [0.1, 0.15) is 97.1 Å². The molecule has 0 aromatic carbocycles. The number of carbonyl (C=O) groups excluding carboxylic acids is 3. The third-order valence-electron chi connectivity index (χ3n) is 11.0. The first-order valence-corrected chi connectivity index (χ1v) is 29.7. The van der Waals surface area contributed by atoms with Crippen molar-refractivity contribution in [3.63, 3.8) is 0 Å². The number of hydrogen-bond acceptors (Lipinski definition) is 43. The molecule has 0 unspecified atom stereocenters. The van der Waals surface area contributed by atoms with E-state index in [0.717, 1.165) is 13.8 Å². The van der Waals surface area contributed by atoms with Crippen molar-refractivity contribution in [2.75, 3.05) is 13.2 Å². The van der Waals surface area contributed by atoms with E-state index in [4.69, 9.17) is 37.9 Å². The lowest BCUT2D eigenvalue weighted by Crippen LogP contribution is -2.69. The highest BCUT2D eigenvalue weighted by atomic mass is 32.3. The molecule has 0 aliphatic carbocycles. The van der Waals surface area contributed by atoms with Gasteiger partial charge in [-0.2, -0.15) is 0 Å². The number of ether oxygens (including phenoxy) is 8. The van der Waals surface area contributed by atoms with Gasteiger partial charge in [-0.05, 0) is 19.9 Å². The molecule has 4 aliphatic heterocycles. The van der Waals surface area contributed by atoms with Gasteiger partial charge in [0.25, 0.3) is 0 Å². The molecule has 50 heteroatoms. The summed E-state index contributed by atoms with van der Waals surface area (Å²) in [6.07, 6.45) is -58.8. The standard InChI is InChI=1S/C32H51NO43S6/c1-7-19(72-78(48,49)50)16(38)25(75-81(57,58)59)31(64-7)66-11-4-12(27(41)42)67-30(15(11)37)70-23-14(33-9(3)35)29(68-13(6-63-77(45,46)47)22(23)74-80(54,55)56)71-24(18(40)28(43)44)21(10(36)5-34)69-32-26(76-82(60,61)62)17(39)20(8(2)65-32)73-79(51,52)53/h4,7-8,10-11,13-26,29-32,34,36-40H,5-6H2,1-3H3,(H,33,35)(H,41,42)(H,43,44)(H,45,46,47)(H,48,49,50)(H,51,52,53)(H,54,55,56)(H,57,58,59)(H,60,61,62)/p-8/t7-,8-,10-,11-,13+,14+,15+,16+,17+,18-,19+,20+,21+,22-,23+,24+,25-,26-,29-,30-,31-,32-/m0/s1. The van der Waals surface area contributed by atoms with E-state index in [9.17, 15) is 133 Å². The van der Waals surface area contributed by atoms with E-state index in [-0.39, 0.29) is 6.08 Å². The third kappa shape index (κ3) is 20.7. The van der Waals surface area contributed by atoms with Crippen LogP contribution in [0.5, 0.6) is 0 Å². The second-order valence-corrected chi connectivity index (χ2v) is 23.0. The fourth-order valence-electron chi connectivity index (χ4n) is 7.89. The summed E-state index contributed by atoms with van der Waals surface area (Å²) in [6, 6.07) is -2.77. The van der Waals surface area contributed by atoms with Crippen molar-refractivity contribution in [2.45, 2.75) is 156 Å². The van der Waals surface area contributed by atoms with Crippen molar-refractivity contribution in [2.24, 2.45) is 0 Å². The number of aliphatic hydroxyl groups excluding tert-OH is 6. The normalized spacial score (nSPS) is 35.0. The Labute approximate surface area is 460 Å². The first kappa shape index (κ1) is 71.1. The number of amides is 1. The Morgan fingerprint density at radius 2 is 1.02 bits per heavy atom. The van der Waals surface area contributed by atoms with Gasteiger partial charge in [-0.15, -0.1) is 0 Å². The molecule has 0 aromatic rings. The Hall–Kier alpha value is -3.35. The molecule has 3 fully saturated rings. The molecule has 1 amide bonds. The van der Waals surface area contributed by atoms with Crippen LogP contribution in [0.25, 0.3) is 0 Å². The summed E-state index contributed by atoms with van der Waals surface area (Å²) in [5.74, 6) is -8.28. The number of rotatable bonds is 28. The SMILES string of the molecule is CC(=O)N[C@H]1[C@H](O[C@@H]([C@H](O[C@@H]2O[C@@H](C)[C@@H](OS(=O)(=O)[O-])[C@@H](O)[C@@H]2OS(=O)(=O)[O-])[C@@H](O)CO)[C@H](O)C(=O)[O-])O[C@H](COS(=O)(=O)[O-])[C@H](OS(=O)(=O)[O-])[C@@H]1O[C@@H]1OC(C(=O)[O-])=C[C@H](O[C@@H]2O[C@@H](C)[C@@H](OS(=O)(=O)[O-])[C@@H](O)[C@@H]2OS(=O)(=O)[O-])[C@H]1O. The lowest BCUT2D eigenvalue weighted by atomic mass is 9.95. The zero-order chi connectivity index (χ0) is 62.7. The zero-order valence-corrected chi connectivity index (χ0v) is 45.3. The minimum absolute atomic E-state index is 0.191. The number of carbonyl (C=O) groups is 3. The van der Waals surface area contributed by atoms with E-state index in [1.807, 2.05) is 5.32 Å². The van der Waals surface area contributed by atoms with Crippen molar-refractivity contribution in [3.05, 3.63) is 11.8 Å². The predicted octanol–water partition coefficient (Wildman–Crippen LogP) is -14.5. The molecule has 44 nitrogen and oxygen atoms in total.